The molecule has 0 aromatic carbocycles. The Labute approximate surface area is 76.7 Å². The van der Waals surface area contributed by atoms with Gasteiger partial charge < -0.3 is 14.9 Å². The van der Waals surface area contributed by atoms with Gasteiger partial charge in [0.2, 0.25) is 0 Å². The van der Waals surface area contributed by atoms with E-state index in [0.29, 0.717) is 23.9 Å². The van der Waals surface area contributed by atoms with E-state index < -0.39 is 0 Å². The number of ether oxygens (including phenoxy) is 1. The summed E-state index contributed by atoms with van der Waals surface area (Å²) in [6.07, 6.45) is 2.06. The molecule has 13 heavy (non-hydrogen) atoms. The van der Waals surface area contributed by atoms with Crippen molar-refractivity contribution in [2.45, 2.75) is 37.3 Å². The van der Waals surface area contributed by atoms with E-state index in [9.17, 15) is 10.2 Å². The van der Waals surface area contributed by atoms with Crippen LogP contribution in [-0.4, -0.2) is 34.6 Å². The smallest absolute Gasteiger partial charge is 0.0669 e. The molecule has 0 amide bonds. The lowest BCUT2D eigenvalue weighted by Crippen LogP contribution is -2.42. The third-order valence-corrected chi connectivity index (χ3v) is 4.85. The van der Waals surface area contributed by atoms with Gasteiger partial charge in [0, 0.05) is 11.8 Å². The van der Waals surface area contributed by atoms with Crippen LogP contribution in [0.5, 0.6) is 0 Å². The van der Waals surface area contributed by atoms with Crippen molar-refractivity contribution in [1.29, 1.82) is 0 Å². The van der Waals surface area contributed by atoms with Crippen molar-refractivity contribution in [1.82, 2.24) is 0 Å². The summed E-state index contributed by atoms with van der Waals surface area (Å²) >= 11 is 0. The fourth-order valence-corrected chi connectivity index (χ4v) is 4.50. The third kappa shape index (κ3) is 0.602. The molecule has 3 heteroatoms. The fraction of sp³-hybridized carbons (Fsp3) is 1.00. The normalized spacial score (nSPS) is 72.5. The Bertz CT molecular complexity index is 265. The predicted octanol–water partition coefficient (Wildman–Crippen LogP) is -0.239. The molecule has 8 unspecified atom stereocenters. The molecule has 2 saturated heterocycles. The fourth-order valence-electron chi connectivity index (χ4n) is 4.50. The molecule has 3 saturated carbocycles. The van der Waals surface area contributed by atoms with Crippen molar-refractivity contribution in [2.75, 3.05) is 0 Å². The lowest BCUT2D eigenvalue weighted by Gasteiger charge is -2.35. The molecular weight excluding hydrogens is 168 g/mol. The van der Waals surface area contributed by atoms with Crippen LogP contribution in [0.15, 0.2) is 0 Å². The summed E-state index contributed by atoms with van der Waals surface area (Å²) in [7, 11) is 0. The van der Waals surface area contributed by atoms with Crippen molar-refractivity contribution < 1.29 is 14.9 Å². The molecule has 5 rings (SSSR count). The molecule has 8 atom stereocenters. The van der Waals surface area contributed by atoms with Gasteiger partial charge in [-0.2, -0.15) is 0 Å². The highest BCUT2D eigenvalue weighted by Crippen LogP contribution is 2.63. The second-order valence-electron chi connectivity index (χ2n) is 5.15. The maximum absolute atomic E-state index is 10.0. The molecule has 0 aromatic rings. The van der Waals surface area contributed by atoms with Gasteiger partial charge in [0.25, 0.3) is 0 Å². The summed E-state index contributed by atoms with van der Waals surface area (Å²) < 4.78 is 5.86. The second-order valence-corrected chi connectivity index (χ2v) is 5.15. The van der Waals surface area contributed by atoms with E-state index in [-0.39, 0.29) is 24.2 Å². The minimum absolute atomic E-state index is 0.184. The second kappa shape index (κ2) is 1.95. The van der Waals surface area contributed by atoms with Gasteiger partial charge in [0.15, 0.2) is 0 Å². The molecule has 5 aliphatic rings. The van der Waals surface area contributed by atoms with Crippen LogP contribution in [0.2, 0.25) is 0 Å². The molecule has 5 fully saturated rings. The minimum atomic E-state index is -0.208. The van der Waals surface area contributed by atoms with Crippen LogP contribution in [-0.2, 0) is 4.74 Å². The Morgan fingerprint density at radius 1 is 1.00 bits per heavy atom. The van der Waals surface area contributed by atoms with Crippen LogP contribution in [0.1, 0.15) is 12.8 Å². The summed E-state index contributed by atoms with van der Waals surface area (Å²) in [5.74, 6) is 1.39. The molecule has 3 aliphatic carbocycles. The molecular formula is C10H14O3. The topological polar surface area (TPSA) is 49.7 Å². The first-order valence-corrected chi connectivity index (χ1v) is 5.29. The van der Waals surface area contributed by atoms with Gasteiger partial charge in [-0.15, -0.1) is 0 Å². The van der Waals surface area contributed by atoms with E-state index >= 15 is 0 Å². The van der Waals surface area contributed by atoms with E-state index in [0.717, 1.165) is 12.8 Å². The summed E-state index contributed by atoms with van der Waals surface area (Å²) in [6, 6.07) is 0. The molecule has 6 bridgehead atoms. The first-order chi connectivity index (χ1) is 6.27. The van der Waals surface area contributed by atoms with Crippen LogP contribution >= 0.6 is 0 Å². The zero-order valence-corrected chi connectivity index (χ0v) is 7.34. The van der Waals surface area contributed by atoms with Crippen LogP contribution in [0, 0.1) is 23.7 Å². The zero-order chi connectivity index (χ0) is 8.74. The van der Waals surface area contributed by atoms with Crippen molar-refractivity contribution in [3.8, 4) is 0 Å². The van der Waals surface area contributed by atoms with Crippen molar-refractivity contribution in [3.05, 3.63) is 0 Å². The number of aliphatic hydroxyl groups is 2. The maximum Gasteiger partial charge on any atom is 0.0669 e. The van der Waals surface area contributed by atoms with Gasteiger partial charge >= 0.3 is 0 Å². The van der Waals surface area contributed by atoms with Gasteiger partial charge in [0.1, 0.15) is 0 Å². The lowest BCUT2D eigenvalue weighted by molar-refractivity contribution is -0.0844. The Kier molecular flexibility index (Phi) is 1.08. The van der Waals surface area contributed by atoms with Crippen LogP contribution < -0.4 is 0 Å². The van der Waals surface area contributed by atoms with Gasteiger partial charge in [0.05, 0.1) is 24.4 Å². The number of hydrogen-bond acceptors (Lipinski definition) is 3. The number of rotatable bonds is 0. The van der Waals surface area contributed by atoms with E-state index in [1.165, 1.54) is 0 Å². The standard InChI is InChI=1S/C10H14O3/c11-5-1-4-8-6-2-3(9(8)12)7(5)10(4)13-6/h3-12H,1-2H2. The molecule has 0 spiro atoms. The first kappa shape index (κ1) is 7.21. The van der Waals surface area contributed by atoms with E-state index in [4.69, 9.17) is 4.74 Å². The summed E-state index contributed by atoms with van der Waals surface area (Å²) in [5, 5.41) is 19.9. The predicted molar refractivity (Wildman–Crippen MR) is 43.9 cm³/mol. The zero-order valence-electron chi connectivity index (χ0n) is 7.34. The highest BCUT2D eigenvalue weighted by molar-refractivity contribution is 5.17. The van der Waals surface area contributed by atoms with Crippen LogP contribution in [0.4, 0.5) is 0 Å². The van der Waals surface area contributed by atoms with E-state index in [1.54, 1.807) is 0 Å². The largest absolute Gasteiger partial charge is 0.393 e. The van der Waals surface area contributed by atoms with Crippen LogP contribution in [0.3, 0.4) is 0 Å². The number of hydrogen-bond donors (Lipinski definition) is 2. The van der Waals surface area contributed by atoms with Gasteiger partial charge in [-0.25, -0.2) is 0 Å². The molecule has 2 aliphatic heterocycles. The van der Waals surface area contributed by atoms with Gasteiger partial charge in [-0.1, -0.05) is 0 Å². The van der Waals surface area contributed by atoms with Crippen molar-refractivity contribution >= 4 is 0 Å². The van der Waals surface area contributed by atoms with Gasteiger partial charge in [-0.3, -0.25) is 0 Å². The Morgan fingerprint density at radius 2 is 1.85 bits per heavy atom. The molecule has 2 N–H and O–H groups in total. The quantitative estimate of drug-likeness (QED) is 0.543. The van der Waals surface area contributed by atoms with Crippen LogP contribution in [0.25, 0.3) is 0 Å². The highest BCUT2D eigenvalue weighted by atomic mass is 16.5. The van der Waals surface area contributed by atoms with Crippen molar-refractivity contribution in [2.24, 2.45) is 23.7 Å². The molecule has 3 nitrogen and oxygen atoms in total. The average molecular weight is 182 g/mol. The van der Waals surface area contributed by atoms with E-state index in [1.807, 2.05) is 0 Å². The maximum atomic E-state index is 10.0. The lowest BCUT2D eigenvalue weighted by atomic mass is 9.76. The monoisotopic (exact) mass is 182 g/mol. The third-order valence-electron chi connectivity index (χ3n) is 4.85. The van der Waals surface area contributed by atoms with Crippen molar-refractivity contribution in [3.63, 3.8) is 0 Å². The Morgan fingerprint density at radius 3 is 2.69 bits per heavy atom. The SMILES string of the molecule is OC1CC2C3OC4CC(C(O)C42)C13. The van der Waals surface area contributed by atoms with Gasteiger partial charge in [-0.05, 0) is 24.7 Å². The molecule has 0 radical (unpaired) electrons. The Hall–Kier alpha value is -0.120. The molecule has 0 aromatic heterocycles. The average Bonchev–Trinajstić information content (AvgIpc) is 2.58. The summed E-state index contributed by atoms with van der Waals surface area (Å²) in [5.41, 5.74) is 0. The summed E-state index contributed by atoms with van der Waals surface area (Å²) in [4.78, 5) is 0. The summed E-state index contributed by atoms with van der Waals surface area (Å²) in [6.45, 7) is 0. The molecule has 72 valence electrons. The highest BCUT2D eigenvalue weighted by Gasteiger charge is 2.69. The molecule has 2 heterocycles. The number of aliphatic hydroxyl groups excluding tert-OH is 2. The Balaban J connectivity index is 1.87. The minimum Gasteiger partial charge on any atom is -0.393 e. The van der Waals surface area contributed by atoms with E-state index in [2.05, 4.69) is 0 Å². The first-order valence-electron chi connectivity index (χ1n) is 5.29.